The minimum absolute atomic E-state index is 0.231. The van der Waals surface area contributed by atoms with E-state index in [1.54, 1.807) is 6.20 Å². The number of rotatable bonds is 4. The van der Waals surface area contributed by atoms with Gasteiger partial charge in [-0.1, -0.05) is 47.6 Å². The molecule has 0 N–H and O–H groups in total. The van der Waals surface area contributed by atoms with Crippen LogP contribution < -0.4 is 0 Å². The minimum atomic E-state index is 0.231. The second-order valence-electron chi connectivity index (χ2n) is 6.62. The summed E-state index contributed by atoms with van der Waals surface area (Å²) in [5, 5.41) is 10.4. The largest absolute Gasteiger partial charge is 0.327 e. The van der Waals surface area contributed by atoms with Gasteiger partial charge in [-0.3, -0.25) is 4.98 Å². The fraction of sp³-hybridized carbons (Fsp3) is 0.429. The Morgan fingerprint density at radius 2 is 1.85 bits per heavy atom. The van der Waals surface area contributed by atoms with Crippen molar-refractivity contribution in [2.45, 2.75) is 59.9 Å². The molecule has 0 saturated carbocycles. The highest BCUT2D eigenvalue weighted by atomic mass is 15.1. The minimum Gasteiger partial charge on any atom is -0.327 e. The van der Waals surface area contributed by atoms with Crippen LogP contribution in [0.3, 0.4) is 0 Å². The van der Waals surface area contributed by atoms with E-state index < -0.39 is 0 Å². The van der Waals surface area contributed by atoms with Gasteiger partial charge in [0, 0.05) is 24.5 Å². The van der Waals surface area contributed by atoms with Crippen molar-refractivity contribution in [3.05, 3.63) is 53.4 Å². The lowest BCUT2D eigenvalue weighted by Crippen LogP contribution is -2.07. The van der Waals surface area contributed by atoms with E-state index >= 15 is 0 Å². The Kier molecular flexibility index (Phi) is 6.46. The van der Waals surface area contributed by atoms with E-state index in [4.69, 9.17) is 9.97 Å². The quantitative estimate of drug-likeness (QED) is 0.663. The number of pyridine rings is 1. The molecular weight excluding hydrogens is 322 g/mol. The SMILES string of the molecule is CC.CC(C)c1nc(C(C)C)c2c(C#N)cn(Cc3cccnc3)c2n1. The predicted octanol–water partition coefficient (Wildman–Crippen LogP) is 5.02. The molecule has 0 aliphatic heterocycles. The van der Waals surface area contributed by atoms with E-state index in [2.05, 4.69) is 38.7 Å². The molecule has 0 unspecified atom stereocenters. The zero-order valence-electron chi connectivity index (χ0n) is 16.5. The van der Waals surface area contributed by atoms with Crippen molar-refractivity contribution >= 4 is 11.0 Å². The van der Waals surface area contributed by atoms with Gasteiger partial charge in [-0.2, -0.15) is 5.26 Å². The molecule has 0 bridgehead atoms. The van der Waals surface area contributed by atoms with Crippen LogP contribution in [-0.2, 0) is 6.54 Å². The van der Waals surface area contributed by atoms with Gasteiger partial charge >= 0.3 is 0 Å². The lowest BCUT2D eigenvalue weighted by molar-refractivity contribution is 0.731. The third-order valence-electron chi connectivity index (χ3n) is 4.02. The molecule has 0 radical (unpaired) electrons. The molecule has 0 amide bonds. The average molecular weight is 349 g/mol. The van der Waals surface area contributed by atoms with E-state index in [1.807, 2.05) is 42.9 Å². The van der Waals surface area contributed by atoms with Gasteiger partial charge in [-0.05, 0) is 17.5 Å². The van der Waals surface area contributed by atoms with Crippen molar-refractivity contribution in [3.63, 3.8) is 0 Å². The summed E-state index contributed by atoms with van der Waals surface area (Å²) in [6.07, 6.45) is 5.47. The summed E-state index contributed by atoms with van der Waals surface area (Å²) in [7, 11) is 0. The van der Waals surface area contributed by atoms with E-state index in [9.17, 15) is 5.26 Å². The van der Waals surface area contributed by atoms with Crippen molar-refractivity contribution < 1.29 is 0 Å². The van der Waals surface area contributed by atoms with Crippen molar-refractivity contribution in [1.29, 1.82) is 5.26 Å². The monoisotopic (exact) mass is 349 g/mol. The number of hydrogen-bond acceptors (Lipinski definition) is 4. The molecule has 0 spiro atoms. The summed E-state index contributed by atoms with van der Waals surface area (Å²) in [5.41, 5.74) is 3.49. The van der Waals surface area contributed by atoms with Crippen molar-refractivity contribution in [1.82, 2.24) is 19.5 Å². The van der Waals surface area contributed by atoms with Gasteiger partial charge < -0.3 is 4.57 Å². The van der Waals surface area contributed by atoms with Gasteiger partial charge in [0.15, 0.2) is 0 Å². The third kappa shape index (κ3) is 3.91. The second-order valence-corrected chi connectivity index (χ2v) is 6.62. The van der Waals surface area contributed by atoms with Gasteiger partial charge in [-0.15, -0.1) is 0 Å². The van der Waals surface area contributed by atoms with Gasteiger partial charge in [0.2, 0.25) is 0 Å². The Labute approximate surface area is 155 Å². The Bertz CT molecular complexity index is 902. The van der Waals surface area contributed by atoms with E-state index in [-0.39, 0.29) is 11.8 Å². The molecule has 3 aromatic rings. The molecule has 5 nitrogen and oxygen atoms in total. The molecule has 3 heterocycles. The van der Waals surface area contributed by atoms with Crippen molar-refractivity contribution in [3.8, 4) is 6.07 Å². The summed E-state index contributed by atoms with van der Waals surface area (Å²) >= 11 is 0. The maximum absolute atomic E-state index is 9.57. The van der Waals surface area contributed by atoms with Crippen molar-refractivity contribution in [2.24, 2.45) is 0 Å². The van der Waals surface area contributed by atoms with E-state index in [1.165, 1.54) is 0 Å². The van der Waals surface area contributed by atoms with Crippen LogP contribution in [0.4, 0.5) is 0 Å². The van der Waals surface area contributed by atoms with Crippen LogP contribution in [0.15, 0.2) is 30.7 Å². The first-order valence-corrected chi connectivity index (χ1v) is 9.21. The number of fused-ring (bicyclic) bond motifs is 1. The number of aromatic nitrogens is 4. The Morgan fingerprint density at radius 3 is 2.38 bits per heavy atom. The average Bonchev–Trinajstić information content (AvgIpc) is 3.01. The summed E-state index contributed by atoms with van der Waals surface area (Å²) in [6, 6.07) is 6.25. The lowest BCUT2D eigenvalue weighted by atomic mass is 10.0. The molecule has 26 heavy (non-hydrogen) atoms. The Hall–Kier alpha value is -2.74. The first kappa shape index (κ1) is 19.6. The highest BCUT2D eigenvalue weighted by Crippen LogP contribution is 2.29. The molecule has 0 aliphatic carbocycles. The van der Waals surface area contributed by atoms with Crippen LogP contribution in [0.25, 0.3) is 11.0 Å². The molecule has 0 aliphatic rings. The first-order valence-electron chi connectivity index (χ1n) is 9.21. The summed E-state index contributed by atoms with van der Waals surface area (Å²) in [6.45, 7) is 13.0. The fourth-order valence-corrected chi connectivity index (χ4v) is 2.80. The molecule has 0 fully saturated rings. The van der Waals surface area contributed by atoms with Crippen LogP contribution >= 0.6 is 0 Å². The number of hydrogen-bond donors (Lipinski definition) is 0. The van der Waals surface area contributed by atoms with E-state index in [0.717, 1.165) is 28.1 Å². The normalized spacial score (nSPS) is 10.7. The Balaban J connectivity index is 0.00000117. The lowest BCUT2D eigenvalue weighted by Gasteiger charge is -2.12. The standard InChI is InChI=1S/C19H21N5.C2H6/c1-12(2)17-16-15(8-20)11-24(10-14-6-5-7-21-9-14)19(16)23-18(22-17)13(3)4;1-2/h5-7,9,11-13H,10H2,1-4H3;1-2H3. The fourth-order valence-electron chi connectivity index (χ4n) is 2.80. The zero-order chi connectivity index (χ0) is 19.3. The van der Waals surface area contributed by atoms with Crippen LogP contribution in [-0.4, -0.2) is 19.5 Å². The smallest absolute Gasteiger partial charge is 0.145 e. The summed E-state index contributed by atoms with van der Waals surface area (Å²) in [5.74, 6) is 1.29. The molecule has 3 rings (SSSR count). The van der Waals surface area contributed by atoms with Gasteiger partial charge in [-0.25, -0.2) is 9.97 Å². The van der Waals surface area contributed by atoms with E-state index in [0.29, 0.717) is 12.1 Å². The Morgan fingerprint density at radius 1 is 1.12 bits per heavy atom. The van der Waals surface area contributed by atoms with Crippen molar-refractivity contribution in [2.75, 3.05) is 0 Å². The molecule has 3 aromatic heterocycles. The predicted molar refractivity (Wildman–Crippen MR) is 105 cm³/mol. The molecule has 0 atom stereocenters. The summed E-state index contributed by atoms with van der Waals surface area (Å²) in [4.78, 5) is 13.7. The van der Waals surface area contributed by atoms with Gasteiger partial charge in [0.05, 0.1) is 23.2 Å². The molecular formula is C21H27N5. The highest BCUT2D eigenvalue weighted by Gasteiger charge is 2.20. The number of nitriles is 1. The van der Waals surface area contributed by atoms with Gasteiger partial charge in [0.25, 0.3) is 0 Å². The molecule has 5 heteroatoms. The molecule has 0 saturated heterocycles. The van der Waals surface area contributed by atoms with Crippen LogP contribution in [0.5, 0.6) is 0 Å². The highest BCUT2D eigenvalue weighted by molar-refractivity contribution is 5.86. The van der Waals surface area contributed by atoms with Crippen LogP contribution in [0, 0.1) is 11.3 Å². The molecule has 0 aromatic carbocycles. The van der Waals surface area contributed by atoms with Crippen LogP contribution in [0.1, 0.15) is 76.0 Å². The maximum Gasteiger partial charge on any atom is 0.145 e. The number of nitrogens with zero attached hydrogens (tertiary/aromatic N) is 5. The zero-order valence-corrected chi connectivity index (χ0v) is 16.5. The maximum atomic E-state index is 9.57. The van der Waals surface area contributed by atoms with Crippen LogP contribution in [0.2, 0.25) is 0 Å². The third-order valence-corrected chi connectivity index (χ3v) is 4.02. The summed E-state index contributed by atoms with van der Waals surface area (Å²) < 4.78 is 2.03. The molecule has 136 valence electrons. The topological polar surface area (TPSA) is 67.4 Å². The van der Waals surface area contributed by atoms with Gasteiger partial charge in [0.1, 0.15) is 17.5 Å². The first-order chi connectivity index (χ1) is 12.5. The second kappa shape index (κ2) is 8.57.